The van der Waals surface area contributed by atoms with Gasteiger partial charge in [0.1, 0.15) is 5.75 Å². The average molecular weight is 436 g/mol. The first kappa shape index (κ1) is 21.2. The number of aromatic nitrogens is 1. The number of rotatable bonds is 8. The van der Waals surface area contributed by atoms with E-state index in [-0.39, 0.29) is 29.7 Å². The second-order valence-corrected chi connectivity index (χ2v) is 8.59. The monoisotopic (exact) mass is 435 g/mol. The zero-order valence-electron chi connectivity index (χ0n) is 17.6. The highest BCUT2D eigenvalue weighted by molar-refractivity contribution is 7.99. The van der Waals surface area contributed by atoms with Crippen molar-refractivity contribution in [1.29, 1.82) is 0 Å². The number of nitrogens with one attached hydrogen (secondary N) is 2. The Bertz CT molecular complexity index is 1110. The number of pyridine rings is 1. The summed E-state index contributed by atoms with van der Waals surface area (Å²) in [7, 11) is 1.62. The number of ether oxygens (including phenoxy) is 1. The van der Waals surface area contributed by atoms with Crippen LogP contribution in [0.1, 0.15) is 41.7 Å². The number of hydrogen-bond donors (Lipinski definition) is 2. The lowest BCUT2D eigenvalue weighted by Crippen LogP contribution is -2.28. The molecule has 160 valence electrons. The Kier molecular flexibility index (Phi) is 6.42. The highest BCUT2D eigenvalue weighted by atomic mass is 32.2. The van der Waals surface area contributed by atoms with Crippen LogP contribution in [0, 0.1) is 0 Å². The lowest BCUT2D eigenvalue weighted by Gasteiger charge is -2.17. The molecule has 0 radical (unpaired) electrons. The minimum absolute atomic E-state index is 0.0859. The Morgan fingerprint density at radius 3 is 2.68 bits per heavy atom. The van der Waals surface area contributed by atoms with Crippen LogP contribution >= 0.6 is 11.8 Å². The molecular formula is C24H25N3O3S. The van der Waals surface area contributed by atoms with Crippen molar-refractivity contribution < 1.29 is 14.3 Å². The van der Waals surface area contributed by atoms with Gasteiger partial charge in [0.25, 0.3) is 5.91 Å². The molecule has 4 rings (SSSR count). The molecule has 2 aromatic carbocycles. The van der Waals surface area contributed by atoms with E-state index in [1.807, 2.05) is 55.5 Å². The second kappa shape index (κ2) is 9.39. The van der Waals surface area contributed by atoms with Crippen LogP contribution in [0.5, 0.6) is 5.75 Å². The molecule has 31 heavy (non-hydrogen) atoms. The molecule has 2 amide bonds. The molecule has 1 aromatic heterocycles. The predicted octanol–water partition coefficient (Wildman–Crippen LogP) is 4.11. The van der Waals surface area contributed by atoms with Gasteiger partial charge in [0.2, 0.25) is 5.91 Å². The number of carbonyl (C=O) groups excluding carboxylic acids is 2. The number of nitrogens with zero attached hydrogens (tertiary/aromatic N) is 1. The van der Waals surface area contributed by atoms with Crippen molar-refractivity contribution in [3.63, 3.8) is 0 Å². The summed E-state index contributed by atoms with van der Waals surface area (Å²) >= 11 is 1.32. The fourth-order valence-electron chi connectivity index (χ4n) is 3.43. The van der Waals surface area contributed by atoms with Crippen LogP contribution in [0.2, 0.25) is 0 Å². The van der Waals surface area contributed by atoms with Gasteiger partial charge in [-0.25, -0.2) is 4.98 Å². The Morgan fingerprint density at radius 2 is 1.90 bits per heavy atom. The third-order valence-corrected chi connectivity index (χ3v) is 6.10. The van der Waals surface area contributed by atoms with Gasteiger partial charge in [-0.15, -0.1) is 0 Å². The number of thioether (sulfide) groups is 1. The molecule has 1 aliphatic rings. The molecule has 0 aliphatic heterocycles. The van der Waals surface area contributed by atoms with Crippen molar-refractivity contribution >= 4 is 34.5 Å². The standard InChI is InChI=1S/C24H25N3O3S/c1-15(17-7-4-6-10-21(17)30-2)25-22(28)14-31-23-13-19(24(29)26-16-11-12-16)18-8-3-5-9-20(18)27-23/h3-10,13,15-16H,11-12,14H2,1-2H3,(H,25,28)(H,26,29). The molecule has 1 fully saturated rings. The maximum absolute atomic E-state index is 12.7. The topological polar surface area (TPSA) is 80.3 Å². The number of carbonyl (C=O) groups is 2. The van der Waals surface area contributed by atoms with E-state index in [1.165, 1.54) is 11.8 Å². The minimum atomic E-state index is -0.186. The quantitative estimate of drug-likeness (QED) is 0.521. The second-order valence-electron chi connectivity index (χ2n) is 7.59. The van der Waals surface area contributed by atoms with Crippen LogP contribution < -0.4 is 15.4 Å². The molecule has 1 saturated carbocycles. The summed E-state index contributed by atoms with van der Waals surface area (Å²) < 4.78 is 5.38. The molecule has 2 N–H and O–H groups in total. The van der Waals surface area contributed by atoms with Gasteiger partial charge in [0.05, 0.1) is 35.0 Å². The average Bonchev–Trinajstić information content (AvgIpc) is 3.61. The predicted molar refractivity (Wildman–Crippen MR) is 123 cm³/mol. The van der Waals surface area contributed by atoms with Gasteiger partial charge in [-0.05, 0) is 38.0 Å². The van der Waals surface area contributed by atoms with Gasteiger partial charge in [-0.2, -0.15) is 0 Å². The van der Waals surface area contributed by atoms with E-state index >= 15 is 0 Å². The Morgan fingerprint density at radius 1 is 1.16 bits per heavy atom. The van der Waals surface area contributed by atoms with E-state index in [0.717, 1.165) is 35.1 Å². The minimum Gasteiger partial charge on any atom is -0.496 e. The summed E-state index contributed by atoms with van der Waals surface area (Å²) in [5, 5.41) is 7.52. The summed E-state index contributed by atoms with van der Waals surface area (Å²) in [5.74, 6) is 0.749. The first-order chi connectivity index (χ1) is 15.0. The highest BCUT2D eigenvalue weighted by Gasteiger charge is 2.25. The molecule has 3 aromatic rings. The zero-order chi connectivity index (χ0) is 21.8. The summed E-state index contributed by atoms with van der Waals surface area (Å²) in [5.41, 5.74) is 2.27. The maximum atomic E-state index is 12.7. The van der Waals surface area contributed by atoms with E-state index < -0.39 is 0 Å². The summed E-state index contributed by atoms with van der Waals surface area (Å²) in [6, 6.07) is 17.1. The Balaban J connectivity index is 1.45. The molecule has 0 bridgehead atoms. The Labute approximate surface area is 185 Å². The van der Waals surface area contributed by atoms with E-state index in [9.17, 15) is 9.59 Å². The van der Waals surface area contributed by atoms with Crippen molar-refractivity contribution in [2.24, 2.45) is 0 Å². The molecule has 1 atom stereocenters. The maximum Gasteiger partial charge on any atom is 0.252 e. The smallest absolute Gasteiger partial charge is 0.252 e. The van der Waals surface area contributed by atoms with Gasteiger partial charge in [-0.1, -0.05) is 48.2 Å². The number of methoxy groups -OCH3 is 1. The summed E-state index contributed by atoms with van der Waals surface area (Å²) in [6.45, 7) is 1.93. The van der Waals surface area contributed by atoms with Crippen LogP contribution in [0.3, 0.4) is 0 Å². The number of fused-ring (bicyclic) bond motifs is 1. The van der Waals surface area contributed by atoms with E-state index in [4.69, 9.17) is 4.74 Å². The molecule has 0 spiro atoms. The SMILES string of the molecule is COc1ccccc1C(C)NC(=O)CSc1cc(C(=O)NC2CC2)c2ccccc2n1. The summed E-state index contributed by atoms with van der Waals surface area (Å²) in [6.07, 6.45) is 2.06. The fraction of sp³-hybridized carbons (Fsp3) is 0.292. The third kappa shape index (κ3) is 5.17. The van der Waals surface area contributed by atoms with Crippen LogP contribution in [-0.2, 0) is 4.79 Å². The lowest BCUT2D eigenvalue weighted by atomic mass is 10.1. The molecule has 1 aliphatic carbocycles. The number of amides is 2. The van der Waals surface area contributed by atoms with Gasteiger partial charge in [-0.3, -0.25) is 9.59 Å². The van der Waals surface area contributed by atoms with Gasteiger partial charge in [0.15, 0.2) is 0 Å². The Hall–Kier alpha value is -3.06. The van der Waals surface area contributed by atoms with E-state index in [1.54, 1.807) is 13.2 Å². The molecular weight excluding hydrogens is 410 g/mol. The van der Waals surface area contributed by atoms with Gasteiger partial charge in [0, 0.05) is 17.0 Å². The summed E-state index contributed by atoms with van der Waals surface area (Å²) in [4.78, 5) is 29.9. The van der Waals surface area contributed by atoms with Crippen LogP contribution in [0.25, 0.3) is 10.9 Å². The van der Waals surface area contributed by atoms with Crippen molar-refractivity contribution in [3.05, 3.63) is 65.7 Å². The van der Waals surface area contributed by atoms with E-state index in [0.29, 0.717) is 10.6 Å². The first-order valence-corrected chi connectivity index (χ1v) is 11.3. The van der Waals surface area contributed by atoms with Crippen LogP contribution in [0.15, 0.2) is 59.6 Å². The van der Waals surface area contributed by atoms with Crippen LogP contribution in [-0.4, -0.2) is 35.7 Å². The number of hydrogen-bond acceptors (Lipinski definition) is 5. The van der Waals surface area contributed by atoms with Gasteiger partial charge >= 0.3 is 0 Å². The number of para-hydroxylation sites is 2. The van der Waals surface area contributed by atoms with Crippen LogP contribution in [0.4, 0.5) is 0 Å². The van der Waals surface area contributed by atoms with E-state index in [2.05, 4.69) is 15.6 Å². The molecule has 1 unspecified atom stereocenters. The van der Waals surface area contributed by atoms with Crippen molar-refractivity contribution in [2.45, 2.75) is 36.9 Å². The normalized spacial score (nSPS) is 14.1. The largest absolute Gasteiger partial charge is 0.496 e. The highest BCUT2D eigenvalue weighted by Crippen LogP contribution is 2.27. The molecule has 0 saturated heterocycles. The fourth-order valence-corrected chi connectivity index (χ4v) is 4.15. The lowest BCUT2D eigenvalue weighted by molar-refractivity contribution is -0.119. The third-order valence-electron chi connectivity index (χ3n) is 5.18. The molecule has 1 heterocycles. The molecule has 6 nitrogen and oxygen atoms in total. The van der Waals surface area contributed by atoms with Crippen molar-refractivity contribution in [1.82, 2.24) is 15.6 Å². The van der Waals surface area contributed by atoms with Gasteiger partial charge < -0.3 is 15.4 Å². The molecule has 7 heteroatoms. The van der Waals surface area contributed by atoms with Crippen molar-refractivity contribution in [3.8, 4) is 5.75 Å². The first-order valence-electron chi connectivity index (χ1n) is 10.3. The zero-order valence-corrected chi connectivity index (χ0v) is 18.4. The van der Waals surface area contributed by atoms with Crippen molar-refractivity contribution in [2.75, 3.05) is 12.9 Å². The number of benzene rings is 2.